The van der Waals surface area contributed by atoms with Gasteiger partial charge in [-0.25, -0.2) is 0 Å². The number of fused-ring (bicyclic) bond motifs is 1. The fraction of sp³-hybridized carbons (Fsp3) is 0.400. The molecule has 1 saturated heterocycles. The highest BCUT2D eigenvalue weighted by atomic mass is 16.5. The number of benzene rings is 2. The zero-order valence-corrected chi connectivity index (χ0v) is 26.9. The highest BCUT2D eigenvalue weighted by Crippen LogP contribution is 2.34. The summed E-state index contributed by atoms with van der Waals surface area (Å²) in [4.78, 5) is 14.0. The molecule has 246 valence electrons. The van der Waals surface area contributed by atoms with Gasteiger partial charge in [-0.3, -0.25) is 14.4 Å². The molecule has 1 aliphatic heterocycles. The lowest BCUT2D eigenvalue weighted by molar-refractivity contribution is -0.140. The summed E-state index contributed by atoms with van der Waals surface area (Å²) in [6.07, 6.45) is 3.50. The smallest absolute Gasteiger partial charge is 0.314 e. The molecule has 1 fully saturated rings. The van der Waals surface area contributed by atoms with E-state index in [2.05, 4.69) is 56.5 Å². The van der Waals surface area contributed by atoms with E-state index in [0.29, 0.717) is 40.8 Å². The van der Waals surface area contributed by atoms with E-state index < -0.39 is 11.9 Å². The first-order chi connectivity index (χ1) is 22.7. The molecule has 0 amide bonds. The Kier molecular flexibility index (Phi) is 9.39. The Bertz CT molecular complexity index is 1830. The van der Waals surface area contributed by atoms with Gasteiger partial charge >= 0.3 is 5.97 Å². The fourth-order valence-corrected chi connectivity index (χ4v) is 6.42. The molecule has 0 bridgehead atoms. The molecular weight excluding hydrogens is 598 g/mol. The molecule has 5 aromatic rings. The van der Waals surface area contributed by atoms with Gasteiger partial charge in [0.05, 0.1) is 23.9 Å². The van der Waals surface area contributed by atoms with E-state index in [1.165, 1.54) is 11.1 Å². The van der Waals surface area contributed by atoms with Crippen LogP contribution in [0, 0.1) is 5.92 Å². The number of hydrogen-bond acceptors (Lipinski definition) is 10. The maximum atomic E-state index is 11.5. The van der Waals surface area contributed by atoms with Gasteiger partial charge in [0.15, 0.2) is 17.1 Å². The minimum Gasteiger partial charge on any atom is -0.507 e. The third-order valence-electron chi connectivity index (χ3n) is 9.12. The predicted octanol–water partition coefficient (Wildman–Crippen LogP) is 6.00. The summed E-state index contributed by atoms with van der Waals surface area (Å²) in [6.45, 7) is 8.22. The number of aliphatic carboxylic acids is 1. The van der Waals surface area contributed by atoms with Crippen molar-refractivity contribution in [1.82, 2.24) is 30.0 Å². The first-order valence-electron chi connectivity index (χ1n) is 16.1. The summed E-state index contributed by atoms with van der Waals surface area (Å²) in [6, 6.07) is 19.8. The van der Waals surface area contributed by atoms with E-state index in [0.717, 1.165) is 44.3 Å². The zero-order valence-electron chi connectivity index (χ0n) is 26.9. The van der Waals surface area contributed by atoms with Crippen LogP contribution >= 0.6 is 0 Å². The first kappa shape index (κ1) is 32.0. The Labute approximate surface area is 273 Å². The number of ether oxygens (including phenoxy) is 1. The van der Waals surface area contributed by atoms with Crippen LogP contribution < -0.4 is 10.5 Å². The second-order valence-corrected chi connectivity index (χ2v) is 12.6. The van der Waals surface area contributed by atoms with Gasteiger partial charge in [0.2, 0.25) is 0 Å². The standard InChI is InChI=1S/C35H41N7O5/c1-21(2)32(35(44)45)30-20-31(40-47-30)46-18-6-7-23-10-12-24(13-11-23)22(3)41-16-14-25(15-17-41)42-28-19-27(26-8-4-5-9-29(26)43)37-38-33(28)34(36)39-42/h4-5,8-13,19-22,25,32,43H,6-7,14-18H2,1-3H3,(H2,36,39)(H,44,45). The topological polar surface area (TPSA) is 166 Å². The van der Waals surface area contributed by atoms with Gasteiger partial charge in [-0.05, 0) is 73.0 Å². The van der Waals surface area contributed by atoms with Gasteiger partial charge in [0, 0.05) is 30.8 Å². The summed E-state index contributed by atoms with van der Waals surface area (Å²) in [5.41, 5.74) is 11.3. The van der Waals surface area contributed by atoms with Crippen LogP contribution in [0.3, 0.4) is 0 Å². The monoisotopic (exact) mass is 639 g/mol. The number of rotatable bonds is 12. The number of nitrogens with two attached hydrogens (primary N) is 1. The summed E-state index contributed by atoms with van der Waals surface area (Å²) >= 11 is 0. The highest BCUT2D eigenvalue weighted by Gasteiger charge is 2.29. The van der Waals surface area contributed by atoms with Gasteiger partial charge in [-0.15, -0.1) is 10.2 Å². The number of para-hydroxylation sites is 1. The van der Waals surface area contributed by atoms with E-state index in [1.807, 2.05) is 36.7 Å². The SMILES string of the molecule is CC(C)C(C(=O)O)c1cc(OCCCc2ccc(C(C)N3CCC(n4nc(N)c5nnc(-c6ccccc6O)cc54)CC3)cc2)no1. The van der Waals surface area contributed by atoms with Crippen LogP contribution in [0.5, 0.6) is 11.6 Å². The number of carboxylic acid groups (broad SMARTS) is 1. The maximum Gasteiger partial charge on any atom is 0.314 e. The minimum absolute atomic E-state index is 0.115. The third-order valence-corrected chi connectivity index (χ3v) is 9.12. The number of nitrogens with zero attached hydrogens (tertiary/aromatic N) is 6. The van der Waals surface area contributed by atoms with Crippen molar-refractivity contribution >= 4 is 22.8 Å². The molecule has 0 aliphatic carbocycles. The maximum absolute atomic E-state index is 11.5. The fourth-order valence-electron chi connectivity index (χ4n) is 6.42. The van der Waals surface area contributed by atoms with Gasteiger partial charge in [0.1, 0.15) is 11.7 Å². The molecule has 0 radical (unpaired) electrons. The number of likely N-dealkylation sites (tertiary alicyclic amines) is 1. The number of hydrogen-bond donors (Lipinski definition) is 3. The second kappa shape index (κ2) is 13.8. The molecule has 12 heteroatoms. The van der Waals surface area contributed by atoms with E-state index in [-0.39, 0.29) is 23.8 Å². The van der Waals surface area contributed by atoms with Crippen molar-refractivity contribution in [2.75, 3.05) is 25.4 Å². The molecule has 3 aromatic heterocycles. The summed E-state index contributed by atoms with van der Waals surface area (Å²) in [5, 5.41) is 37.0. The summed E-state index contributed by atoms with van der Waals surface area (Å²) in [7, 11) is 0. The Hall–Kier alpha value is -4.97. The number of aromatic nitrogens is 5. The Balaban J connectivity index is 1.01. The molecule has 12 nitrogen and oxygen atoms in total. The van der Waals surface area contributed by atoms with Gasteiger partial charge in [0.25, 0.3) is 5.88 Å². The molecular formula is C35H41N7O5. The van der Waals surface area contributed by atoms with Crippen LogP contribution in [0.15, 0.2) is 65.2 Å². The highest BCUT2D eigenvalue weighted by molar-refractivity contribution is 5.87. The number of phenols is 1. The molecule has 6 rings (SSSR count). The molecule has 4 heterocycles. The molecule has 1 aliphatic rings. The number of carbonyl (C=O) groups is 1. The van der Waals surface area contributed by atoms with Crippen molar-refractivity contribution in [3.8, 4) is 22.9 Å². The van der Waals surface area contributed by atoms with E-state index >= 15 is 0 Å². The summed E-state index contributed by atoms with van der Waals surface area (Å²) < 4.78 is 12.9. The number of nitrogen functional groups attached to an aromatic ring is 1. The van der Waals surface area contributed by atoms with E-state index in [1.54, 1.807) is 18.2 Å². The molecule has 47 heavy (non-hydrogen) atoms. The number of anilines is 1. The van der Waals surface area contributed by atoms with Crippen LogP contribution in [-0.2, 0) is 11.2 Å². The second-order valence-electron chi connectivity index (χ2n) is 12.6. The van der Waals surface area contributed by atoms with Crippen LogP contribution in [0.2, 0.25) is 0 Å². The largest absolute Gasteiger partial charge is 0.507 e. The van der Waals surface area contributed by atoms with Crippen molar-refractivity contribution in [3.05, 3.63) is 77.6 Å². The van der Waals surface area contributed by atoms with Crippen molar-refractivity contribution < 1.29 is 24.3 Å². The predicted molar refractivity (Wildman–Crippen MR) is 177 cm³/mol. The van der Waals surface area contributed by atoms with Crippen molar-refractivity contribution in [2.45, 2.75) is 64.5 Å². The van der Waals surface area contributed by atoms with Gasteiger partial charge < -0.3 is 25.2 Å². The lowest BCUT2D eigenvalue weighted by Gasteiger charge is -2.36. The molecule has 4 N–H and O–H groups in total. The van der Waals surface area contributed by atoms with Crippen LogP contribution in [0.25, 0.3) is 22.3 Å². The Morgan fingerprint density at radius 2 is 1.81 bits per heavy atom. The average molecular weight is 640 g/mol. The van der Waals surface area contributed by atoms with Crippen molar-refractivity contribution in [2.24, 2.45) is 5.92 Å². The molecule has 2 atom stereocenters. The normalized spacial score (nSPS) is 15.7. The number of phenolic OH excluding ortho intramolecular Hbond substituents is 1. The van der Waals surface area contributed by atoms with Crippen molar-refractivity contribution in [3.63, 3.8) is 0 Å². The van der Waals surface area contributed by atoms with Crippen LogP contribution in [-0.4, -0.2) is 65.9 Å². The molecule has 0 spiro atoms. The Morgan fingerprint density at radius 1 is 1.06 bits per heavy atom. The Morgan fingerprint density at radius 3 is 2.51 bits per heavy atom. The lowest BCUT2D eigenvalue weighted by atomic mass is 9.94. The van der Waals surface area contributed by atoms with Crippen molar-refractivity contribution in [1.29, 1.82) is 0 Å². The zero-order chi connectivity index (χ0) is 33.1. The minimum atomic E-state index is -0.935. The average Bonchev–Trinajstić information content (AvgIpc) is 3.66. The van der Waals surface area contributed by atoms with E-state index in [4.69, 9.17) is 15.0 Å². The number of aryl methyl sites for hydroxylation is 1. The van der Waals surface area contributed by atoms with Gasteiger partial charge in [-0.1, -0.05) is 50.2 Å². The first-order valence-corrected chi connectivity index (χ1v) is 16.1. The quantitative estimate of drug-likeness (QED) is 0.137. The number of carboxylic acids is 1. The molecule has 0 saturated carbocycles. The van der Waals surface area contributed by atoms with Crippen LogP contribution in [0.1, 0.15) is 74.9 Å². The van der Waals surface area contributed by atoms with Crippen LogP contribution in [0.4, 0.5) is 5.82 Å². The summed E-state index contributed by atoms with van der Waals surface area (Å²) in [5.74, 6) is -0.654. The lowest BCUT2D eigenvalue weighted by Crippen LogP contribution is -2.36. The van der Waals surface area contributed by atoms with Gasteiger partial charge in [-0.2, -0.15) is 5.10 Å². The third kappa shape index (κ3) is 6.92. The number of piperidine rings is 1. The molecule has 2 unspecified atom stereocenters. The molecule has 2 aromatic carbocycles. The number of aromatic hydroxyl groups is 1. The van der Waals surface area contributed by atoms with E-state index in [9.17, 15) is 15.0 Å².